The van der Waals surface area contributed by atoms with Crippen LogP contribution in [0.3, 0.4) is 0 Å². The first-order chi connectivity index (χ1) is 14.2. The summed E-state index contributed by atoms with van der Waals surface area (Å²) in [7, 11) is 0. The van der Waals surface area contributed by atoms with Crippen molar-refractivity contribution in [3.05, 3.63) is 94.8 Å². The van der Waals surface area contributed by atoms with E-state index >= 15 is 0 Å². The van der Waals surface area contributed by atoms with Crippen LogP contribution in [0.4, 0.5) is 0 Å². The maximum absolute atomic E-state index is 13.3. The molecule has 5 rings (SSSR count). The molecule has 2 heterocycles. The molecule has 0 aliphatic rings. The summed E-state index contributed by atoms with van der Waals surface area (Å²) in [4.78, 5) is 13.3. The average Bonchev–Trinajstić information content (AvgIpc) is 3.06. The quantitative estimate of drug-likeness (QED) is 0.363. The fraction of sp³-hybridized carbons (Fsp3) is 0.115. The van der Waals surface area contributed by atoms with Crippen molar-refractivity contribution < 1.29 is 4.42 Å². The second-order valence-electron chi connectivity index (χ2n) is 7.32. The normalized spacial score (nSPS) is 11.4. The zero-order valence-corrected chi connectivity index (χ0v) is 16.5. The van der Waals surface area contributed by atoms with Gasteiger partial charge in [-0.2, -0.15) is 0 Å². The van der Waals surface area contributed by atoms with E-state index in [0.717, 1.165) is 39.5 Å². The van der Waals surface area contributed by atoms with Crippen LogP contribution >= 0.6 is 0 Å². The summed E-state index contributed by atoms with van der Waals surface area (Å²) in [6.45, 7) is 4.89. The zero-order chi connectivity index (χ0) is 20.0. The molecule has 29 heavy (non-hydrogen) atoms. The third-order valence-electron chi connectivity index (χ3n) is 5.51. The van der Waals surface area contributed by atoms with Crippen molar-refractivity contribution in [2.45, 2.75) is 20.4 Å². The van der Waals surface area contributed by atoms with Crippen LogP contribution in [0.15, 0.2) is 88.1 Å². The van der Waals surface area contributed by atoms with Crippen LogP contribution in [-0.2, 0) is 6.54 Å². The third-order valence-corrected chi connectivity index (χ3v) is 5.51. The fourth-order valence-electron chi connectivity index (χ4n) is 4.23. The van der Waals surface area contributed by atoms with E-state index in [-0.39, 0.29) is 5.63 Å². The second kappa shape index (κ2) is 6.78. The summed E-state index contributed by atoms with van der Waals surface area (Å²) < 4.78 is 8.05. The van der Waals surface area contributed by atoms with E-state index in [9.17, 15) is 4.79 Å². The van der Waals surface area contributed by atoms with Crippen LogP contribution in [0.1, 0.15) is 12.5 Å². The van der Waals surface area contributed by atoms with E-state index < -0.39 is 0 Å². The maximum Gasteiger partial charge on any atom is 0.346 e. The van der Waals surface area contributed by atoms with Crippen LogP contribution in [0.2, 0.25) is 0 Å². The molecule has 0 spiro atoms. The molecule has 142 valence electrons. The van der Waals surface area contributed by atoms with E-state index in [1.807, 2.05) is 48.5 Å². The van der Waals surface area contributed by atoms with E-state index in [0.29, 0.717) is 11.3 Å². The van der Waals surface area contributed by atoms with Gasteiger partial charge in [-0.15, -0.1) is 0 Å². The molecule has 0 fully saturated rings. The minimum absolute atomic E-state index is 0.309. The minimum atomic E-state index is -0.309. The van der Waals surface area contributed by atoms with Crippen LogP contribution in [0.25, 0.3) is 44.3 Å². The molecule has 0 unspecified atom stereocenters. The molecule has 5 aromatic rings. The van der Waals surface area contributed by atoms with Crippen LogP contribution < -0.4 is 5.63 Å². The van der Waals surface area contributed by atoms with Gasteiger partial charge in [0.2, 0.25) is 5.71 Å². The highest BCUT2D eigenvalue weighted by atomic mass is 16.4. The van der Waals surface area contributed by atoms with Gasteiger partial charge in [0.1, 0.15) is 0 Å². The predicted octanol–water partition coefficient (Wildman–Crippen LogP) is 6.41. The molecule has 0 aliphatic heterocycles. The molecule has 2 aromatic heterocycles. The molecular formula is C26H21NO2. The Bertz CT molecular complexity index is 1390. The Kier molecular flexibility index (Phi) is 4.09. The third kappa shape index (κ3) is 2.70. The fourth-order valence-corrected chi connectivity index (χ4v) is 4.23. The van der Waals surface area contributed by atoms with Gasteiger partial charge in [-0.05, 0) is 37.1 Å². The molecule has 3 aromatic carbocycles. The summed E-state index contributed by atoms with van der Waals surface area (Å²) in [5, 5.41) is 2.11. The summed E-state index contributed by atoms with van der Waals surface area (Å²) in [6.07, 6.45) is 0. The topological polar surface area (TPSA) is 35.1 Å². The molecule has 0 saturated carbocycles. The van der Waals surface area contributed by atoms with Gasteiger partial charge in [-0.1, -0.05) is 72.3 Å². The maximum atomic E-state index is 13.3. The Labute approximate surface area is 168 Å². The standard InChI is InChI=1S/C26H21NO2/c1-3-27-21-15-14-17(2)16-20(21)24-22(18-10-6-4-7-11-18)23(26(28)29-25(24)27)19-12-8-5-9-13-19/h4-16H,3H2,1-2H3. The van der Waals surface area contributed by atoms with E-state index in [1.165, 1.54) is 5.56 Å². The van der Waals surface area contributed by atoms with Crippen molar-refractivity contribution in [2.75, 3.05) is 0 Å². The monoisotopic (exact) mass is 379 g/mol. The minimum Gasteiger partial charge on any atom is -0.405 e. The lowest BCUT2D eigenvalue weighted by atomic mass is 9.93. The molecule has 0 aliphatic carbocycles. The highest BCUT2D eigenvalue weighted by molar-refractivity contribution is 6.16. The highest BCUT2D eigenvalue weighted by Gasteiger charge is 2.23. The van der Waals surface area contributed by atoms with E-state index in [2.05, 4.69) is 48.7 Å². The number of aryl methyl sites for hydroxylation is 2. The molecule has 0 saturated heterocycles. The first-order valence-electron chi connectivity index (χ1n) is 9.89. The molecule has 0 atom stereocenters. The number of rotatable bonds is 3. The van der Waals surface area contributed by atoms with Crippen LogP contribution in [-0.4, -0.2) is 4.57 Å². The number of nitrogens with zero attached hydrogens (tertiary/aromatic N) is 1. The number of hydrogen-bond acceptors (Lipinski definition) is 2. The molecule has 0 N–H and O–H groups in total. The number of benzene rings is 3. The van der Waals surface area contributed by atoms with Crippen molar-refractivity contribution in [3.63, 3.8) is 0 Å². The molecule has 0 amide bonds. The smallest absolute Gasteiger partial charge is 0.346 e. The lowest BCUT2D eigenvalue weighted by molar-refractivity contribution is 0.532. The van der Waals surface area contributed by atoms with Crippen molar-refractivity contribution in [1.29, 1.82) is 0 Å². The van der Waals surface area contributed by atoms with Gasteiger partial charge in [0, 0.05) is 17.5 Å². The molecule has 0 radical (unpaired) electrons. The Morgan fingerprint density at radius 1 is 0.828 bits per heavy atom. The number of aromatic nitrogens is 1. The van der Waals surface area contributed by atoms with Crippen molar-refractivity contribution in [2.24, 2.45) is 0 Å². The van der Waals surface area contributed by atoms with E-state index in [1.54, 1.807) is 0 Å². The van der Waals surface area contributed by atoms with Gasteiger partial charge >= 0.3 is 5.63 Å². The summed E-state index contributed by atoms with van der Waals surface area (Å²) in [5.74, 6) is 0. The Morgan fingerprint density at radius 3 is 2.07 bits per heavy atom. The van der Waals surface area contributed by atoms with Crippen molar-refractivity contribution in [1.82, 2.24) is 4.57 Å². The number of fused-ring (bicyclic) bond motifs is 3. The SMILES string of the molecule is CCn1c2ccc(C)cc2c2c(-c3ccccc3)c(-c3ccccc3)c(=O)oc21. The van der Waals surface area contributed by atoms with Gasteiger partial charge in [-0.3, -0.25) is 0 Å². The highest BCUT2D eigenvalue weighted by Crippen LogP contribution is 2.41. The van der Waals surface area contributed by atoms with E-state index in [4.69, 9.17) is 4.42 Å². The predicted molar refractivity (Wildman–Crippen MR) is 119 cm³/mol. The van der Waals surface area contributed by atoms with Gasteiger partial charge in [0.25, 0.3) is 0 Å². The molecule has 3 heteroatoms. The van der Waals surface area contributed by atoms with Gasteiger partial charge < -0.3 is 8.98 Å². The summed E-state index contributed by atoms with van der Waals surface area (Å²) in [6, 6.07) is 26.3. The summed E-state index contributed by atoms with van der Waals surface area (Å²) in [5.41, 5.74) is 6.02. The van der Waals surface area contributed by atoms with Gasteiger partial charge in [0.15, 0.2) is 0 Å². The molecular weight excluding hydrogens is 358 g/mol. The second-order valence-corrected chi connectivity index (χ2v) is 7.32. The van der Waals surface area contributed by atoms with Crippen molar-refractivity contribution >= 4 is 22.0 Å². The Hall–Kier alpha value is -3.59. The first-order valence-corrected chi connectivity index (χ1v) is 9.89. The lowest BCUT2D eigenvalue weighted by Crippen LogP contribution is -2.07. The molecule has 0 bridgehead atoms. The lowest BCUT2D eigenvalue weighted by Gasteiger charge is -2.11. The Balaban J connectivity index is 2.07. The molecule has 3 nitrogen and oxygen atoms in total. The zero-order valence-electron chi connectivity index (χ0n) is 16.5. The average molecular weight is 379 g/mol. The first kappa shape index (κ1) is 17.5. The summed E-state index contributed by atoms with van der Waals surface area (Å²) >= 11 is 0. The van der Waals surface area contributed by atoms with Crippen molar-refractivity contribution in [3.8, 4) is 22.3 Å². The van der Waals surface area contributed by atoms with Gasteiger partial charge in [-0.25, -0.2) is 4.79 Å². The van der Waals surface area contributed by atoms with Crippen LogP contribution in [0, 0.1) is 6.92 Å². The van der Waals surface area contributed by atoms with Crippen LogP contribution in [0.5, 0.6) is 0 Å². The number of hydrogen-bond donors (Lipinski definition) is 0. The Morgan fingerprint density at radius 2 is 1.45 bits per heavy atom. The van der Waals surface area contributed by atoms with Gasteiger partial charge in [0.05, 0.1) is 16.5 Å². The largest absolute Gasteiger partial charge is 0.405 e.